The van der Waals surface area contributed by atoms with E-state index in [4.69, 9.17) is 20.9 Å². The van der Waals surface area contributed by atoms with Crippen LogP contribution in [-0.2, 0) is 9.53 Å². The number of ether oxygens (including phenoxy) is 1. The molecule has 2 atom stereocenters. The zero-order valence-electron chi connectivity index (χ0n) is 12.3. The van der Waals surface area contributed by atoms with E-state index < -0.39 is 6.04 Å². The van der Waals surface area contributed by atoms with Crippen LogP contribution in [0.2, 0.25) is 5.02 Å². The average Bonchev–Trinajstić information content (AvgIpc) is 3.20. The zero-order valence-corrected chi connectivity index (χ0v) is 13.0. The lowest BCUT2D eigenvalue weighted by molar-refractivity contribution is -0.149. The summed E-state index contributed by atoms with van der Waals surface area (Å²) in [5, 5.41) is 4.48. The maximum Gasteiger partial charge on any atom is 0.329 e. The summed E-state index contributed by atoms with van der Waals surface area (Å²) in [5.74, 6) is -0.216. The molecule has 2 aliphatic rings. The van der Waals surface area contributed by atoms with Gasteiger partial charge >= 0.3 is 5.97 Å². The van der Waals surface area contributed by atoms with Gasteiger partial charge in [-0.3, -0.25) is 4.79 Å². The first kappa shape index (κ1) is 14.3. The highest BCUT2D eigenvalue weighted by Gasteiger charge is 2.49. The molecule has 2 aromatic rings. The van der Waals surface area contributed by atoms with Crippen LogP contribution in [0.1, 0.15) is 22.5 Å². The number of esters is 1. The molecule has 2 saturated heterocycles. The Morgan fingerprint density at radius 3 is 2.87 bits per heavy atom. The number of rotatable bonds is 2. The van der Waals surface area contributed by atoms with Crippen LogP contribution in [0, 0.1) is 6.92 Å². The van der Waals surface area contributed by atoms with Gasteiger partial charge in [-0.25, -0.2) is 4.79 Å². The van der Waals surface area contributed by atoms with Crippen molar-refractivity contribution in [2.24, 2.45) is 0 Å². The Labute approximate surface area is 136 Å². The first-order chi connectivity index (χ1) is 11.1. The van der Waals surface area contributed by atoms with Crippen molar-refractivity contribution in [2.75, 3.05) is 6.54 Å². The largest absolute Gasteiger partial charge is 0.459 e. The molecule has 1 aromatic heterocycles. The van der Waals surface area contributed by atoms with Crippen LogP contribution >= 0.6 is 11.6 Å². The summed E-state index contributed by atoms with van der Waals surface area (Å²) in [6.07, 6.45) is 0.344. The molecule has 0 spiro atoms. The number of aryl methyl sites for hydroxylation is 1. The Kier molecular flexibility index (Phi) is 3.16. The molecule has 23 heavy (non-hydrogen) atoms. The standard InChI is InChI=1S/C16H13ClN2O4/c1-8-13(14(18-23-8)10-4-2-3-5-11(10)17)15(20)19-7-9-6-12(19)16(21)22-9/h2-5,9,12H,6-7H2,1H3/t9-,12+/m0/s1. The van der Waals surface area contributed by atoms with Crippen molar-refractivity contribution in [1.82, 2.24) is 10.1 Å². The predicted octanol–water partition coefficient (Wildman–Crippen LogP) is 2.44. The smallest absolute Gasteiger partial charge is 0.329 e. The molecule has 6 nitrogen and oxygen atoms in total. The number of carbonyl (C=O) groups is 2. The first-order valence-electron chi connectivity index (χ1n) is 7.29. The number of hydrogen-bond acceptors (Lipinski definition) is 5. The maximum absolute atomic E-state index is 12.9. The van der Waals surface area contributed by atoms with Gasteiger partial charge in [0.2, 0.25) is 0 Å². The second-order valence-corrected chi connectivity index (χ2v) is 6.12. The Bertz CT molecular complexity index is 816. The monoisotopic (exact) mass is 332 g/mol. The number of halogens is 1. The summed E-state index contributed by atoms with van der Waals surface area (Å²) in [5.41, 5.74) is 1.37. The summed E-state index contributed by atoms with van der Waals surface area (Å²) in [4.78, 5) is 26.2. The Balaban J connectivity index is 1.75. The van der Waals surface area contributed by atoms with E-state index in [1.54, 1.807) is 25.1 Å². The van der Waals surface area contributed by atoms with Crippen LogP contribution < -0.4 is 0 Å². The maximum atomic E-state index is 12.9. The molecule has 0 N–H and O–H groups in total. The molecule has 0 saturated carbocycles. The van der Waals surface area contributed by atoms with E-state index in [2.05, 4.69) is 5.16 Å². The number of likely N-dealkylation sites (tertiary alicyclic amines) is 1. The summed E-state index contributed by atoms with van der Waals surface area (Å²) < 4.78 is 10.3. The number of carbonyl (C=O) groups excluding carboxylic acids is 2. The molecule has 7 heteroatoms. The second kappa shape index (κ2) is 5.09. The van der Waals surface area contributed by atoms with E-state index in [0.29, 0.717) is 40.6 Å². The quantitative estimate of drug-likeness (QED) is 0.790. The van der Waals surface area contributed by atoms with E-state index in [9.17, 15) is 9.59 Å². The SMILES string of the molecule is Cc1onc(-c2ccccc2Cl)c1C(=O)N1C[C@@H]2C[C@@H]1C(=O)O2. The average molecular weight is 333 g/mol. The van der Waals surface area contributed by atoms with Crippen molar-refractivity contribution in [3.8, 4) is 11.3 Å². The molecule has 2 aliphatic heterocycles. The van der Waals surface area contributed by atoms with Crippen LogP contribution in [0.15, 0.2) is 28.8 Å². The van der Waals surface area contributed by atoms with Crippen molar-refractivity contribution in [1.29, 1.82) is 0 Å². The van der Waals surface area contributed by atoms with Crippen molar-refractivity contribution in [3.63, 3.8) is 0 Å². The molecule has 4 rings (SSSR count). The lowest BCUT2D eigenvalue weighted by Crippen LogP contribution is -2.44. The minimum absolute atomic E-state index is 0.208. The van der Waals surface area contributed by atoms with Crippen molar-refractivity contribution in [3.05, 3.63) is 40.6 Å². The highest BCUT2D eigenvalue weighted by Crippen LogP contribution is 2.35. The number of nitrogens with zero attached hydrogens (tertiary/aromatic N) is 2. The number of morpholine rings is 1. The van der Waals surface area contributed by atoms with Gasteiger partial charge < -0.3 is 14.2 Å². The molecular formula is C16H13ClN2O4. The van der Waals surface area contributed by atoms with Gasteiger partial charge in [0.05, 0.1) is 11.6 Å². The van der Waals surface area contributed by atoms with Gasteiger partial charge in [0.25, 0.3) is 5.91 Å². The van der Waals surface area contributed by atoms with E-state index in [1.807, 2.05) is 6.07 Å². The predicted molar refractivity (Wildman–Crippen MR) is 81.0 cm³/mol. The van der Waals surface area contributed by atoms with Crippen molar-refractivity contribution in [2.45, 2.75) is 25.5 Å². The third-order valence-electron chi connectivity index (χ3n) is 4.28. The summed E-state index contributed by atoms with van der Waals surface area (Å²) in [6.45, 7) is 2.08. The van der Waals surface area contributed by atoms with E-state index >= 15 is 0 Å². The zero-order chi connectivity index (χ0) is 16.1. The highest BCUT2D eigenvalue weighted by atomic mass is 35.5. The van der Waals surface area contributed by atoms with Crippen LogP contribution in [0.25, 0.3) is 11.3 Å². The molecule has 0 unspecified atom stereocenters. The molecule has 2 bridgehead atoms. The molecule has 0 aliphatic carbocycles. The van der Waals surface area contributed by atoms with Gasteiger partial charge in [0, 0.05) is 12.0 Å². The third kappa shape index (κ3) is 2.13. The lowest BCUT2D eigenvalue weighted by Gasteiger charge is -2.25. The minimum atomic E-state index is -0.513. The fraction of sp³-hybridized carbons (Fsp3) is 0.312. The van der Waals surface area contributed by atoms with Gasteiger partial charge in [0.1, 0.15) is 29.2 Å². The topological polar surface area (TPSA) is 72.6 Å². The van der Waals surface area contributed by atoms with Gasteiger partial charge in [-0.05, 0) is 13.0 Å². The van der Waals surface area contributed by atoms with Crippen LogP contribution in [0.3, 0.4) is 0 Å². The minimum Gasteiger partial charge on any atom is -0.459 e. The van der Waals surface area contributed by atoms with E-state index in [1.165, 1.54) is 4.90 Å². The number of hydrogen-bond donors (Lipinski definition) is 0. The first-order valence-corrected chi connectivity index (χ1v) is 7.66. The molecule has 118 valence electrons. The second-order valence-electron chi connectivity index (χ2n) is 5.71. The van der Waals surface area contributed by atoms with Crippen molar-refractivity contribution >= 4 is 23.5 Å². The van der Waals surface area contributed by atoms with Crippen LogP contribution in [0.4, 0.5) is 0 Å². The van der Waals surface area contributed by atoms with Crippen molar-refractivity contribution < 1.29 is 18.8 Å². The Hall–Kier alpha value is -2.34. The summed E-state index contributed by atoms with van der Waals surface area (Å²) in [7, 11) is 0. The van der Waals surface area contributed by atoms with E-state index in [0.717, 1.165) is 0 Å². The van der Waals surface area contributed by atoms with Gasteiger partial charge in [-0.15, -0.1) is 0 Å². The molecule has 1 amide bonds. The normalized spacial score (nSPS) is 22.5. The van der Waals surface area contributed by atoms with Crippen LogP contribution in [0.5, 0.6) is 0 Å². The number of amides is 1. The fourth-order valence-electron chi connectivity index (χ4n) is 3.18. The highest BCUT2D eigenvalue weighted by molar-refractivity contribution is 6.33. The molecule has 1 aromatic carbocycles. The van der Waals surface area contributed by atoms with Gasteiger partial charge in [-0.1, -0.05) is 35.0 Å². The van der Waals surface area contributed by atoms with Crippen LogP contribution in [-0.4, -0.2) is 40.6 Å². The fourth-order valence-corrected chi connectivity index (χ4v) is 3.40. The molecular weight excluding hydrogens is 320 g/mol. The van der Waals surface area contributed by atoms with Gasteiger partial charge in [-0.2, -0.15) is 0 Å². The summed E-state index contributed by atoms with van der Waals surface area (Å²) >= 11 is 6.21. The Morgan fingerprint density at radius 1 is 1.39 bits per heavy atom. The lowest BCUT2D eigenvalue weighted by atomic mass is 10.0. The molecule has 2 fully saturated rings. The Morgan fingerprint density at radius 2 is 2.17 bits per heavy atom. The third-order valence-corrected chi connectivity index (χ3v) is 4.61. The number of benzene rings is 1. The molecule has 0 radical (unpaired) electrons. The van der Waals surface area contributed by atoms with E-state index in [-0.39, 0.29) is 18.0 Å². The molecule has 3 heterocycles. The number of aromatic nitrogens is 1. The number of fused-ring (bicyclic) bond motifs is 2. The van der Waals surface area contributed by atoms with Gasteiger partial charge in [0.15, 0.2) is 0 Å². The summed E-state index contributed by atoms with van der Waals surface area (Å²) in [6, 6.07) is 6.61.